The van der Waals surface area contributed by atoms with Gasteiger partial charge in [-0.25, -0.2) is 0 Å². The van der Waals surface area contributed by atoms with Crippen molar-refractivity contribution >= 4 is 29.1 Å². The van der Waals surface area contributed by atoms with Crippen molar-refractivity contribution in [1.82, 2.24) is 4.98 Å². The normalized spacial score (nSPS) is 12.6. The number of aromatic amines is 1. The first kappa shape index (κ1) is 11.0. The van der Waals surface area contributed by atoms with Crippen molar-refractivity contribution in [3.63, 3.8) is 0 Å². The molecule has 1 N–H and O–H groups in total. The van der Waals surface area contributed by atoms with E-state index in [4.69, 9.17) is 0 Å². The van der Waals surface area contributed by atoms with Crippen LogP contribution >= 0.6 is 11.3 Å². The largest absolute Gasteiger partial charge is 0.361 e. The molecule has 0 unspecified atom stereocenters. The molecule has 0 saturated carbocycles. The zero-order valence-corrected chi connectivity index (χ0v) is 10.4. The van der Waals surface area contributed by atoms with Crippen LogP contribution < -0.4 is 10.6 Å². The lowest BCUT2D eigenvalue weighted by atomic mass is 10.1. The number of nitrogens with one attached hydrogen (secondary N) is 1. The Morgan fingerprint density at radius 2 is 2.12 bits per heavy atom. The second-order valence-electron chi connectivity index (χ2n) is 3.94. The topological polar surface area (TPSA) is 15.8 Å². The van der Waals surface area contributed by atoms with E-state index >= 15 is 0 Å². The van der Waals surface area contributed by atoms with E-state index in [2.05, 4.69) is 42.6 Å². The zero-order chi connectivity index (χ0) is 11.7. The summed E-state index contributed by atoms with van der Waals surface area (Å²) in [6.07, 6.45) is 1.98. The summed E-state index contributed by atoms with van der Waals surface area (Å²) in [5.74, 6) is 0. The van der Waals surface area contributed by atoms with E-state index in [1.54, 1.807) is 11.3 Å². The highest BCUT2D eigenvalue weighted by molar-refractivity contribution is 7.11. The number of H-pyrrole nitrogens is 1. The molecule has 0 radical (unpaired) electrons. The minimum absolute atomic E-state index is 0.962. The molecule has 1 nitrogen and oxygen atoms in total. The molecule has 2 aromatic rings. The van der Waals surface area contributed by atoms with E-state index < -0.39 is 0 Å². The van der Waals surface area contributed by atoms with Gasteiger partial charge < -0.3 is 4.98 Å². The average Bonchev–Trinajstić information content (AvgIpc) is 2.84. The molecule has 2 rings (SSSR count). The molecule has 0 saturated heterocycles. The molecule has 0 atom stereocenters. The first-order valence-corrected chi connectivity index (χ1v) is 6.06. The molecule has 0 aliphatic carbocycles. The molecule has 0 fully saturated rings. The molecule has 2 heteroatoms. The zero-order valence-electron chi connectivity index (χ0n) is 9.63. The maximum Gasteiger partial charge on any atom is 0.0390 e. The number of aromatic nitrogens is 1. The van der Waals surface area contributed by atoms with Crippen molar-refractivity contribution in [2.45, 2.75) is 13.8 Å². The minimum Gasteiger partial charge on any atom is -0.361 e. The van der Waals surface area contributed by atoms with Crippen LogP contribution in [-0.2, 0) is 0 Å². The monoisotopic (exact) mass is 229 g/mol. The molecule has 0 spiro atoms. The van der Waals surface area contributed by atoms with Crippen LogP contribution in [0.25, 0.3) is 17.7 Å². The van der Waals surface area contributed by atoms with Crippen LogP contribution in [0.3, 0.4) is 0 Å². The molecule has 2 aromatic heterocycles. The number of rotatable bonds is 2. The van der Waals surface area contributed by atoms with Crippen molar-refractivity contribution in [1.29, 1.82) is 0 Å². The second-order valence-corrected chi connectivity index (χ2v) is 4.89. The number of hydrogen-bond acceptors (Lipinski definition) is 1. The van der Waals surface area contributed by atoms with Gasteiger partial charge in [-0.1, -0.05) is 19.2 Å². The highest BCUT2D eigenvalue weighted by Gasteiger charge is 2.05. The lowest BCUT2D eigenvalue weighted by molar-refractivity contribution is 1.32. The molecule has 2 heterocycles. The molecule has 82 valence electrons. The molecule has 16 heavy (non-hydrogen) atoms. The van der Waals surface area contributed by atoms with Crippen molar-refractivity contribution in [2.75, 3.05) is 0 Å². The highest BCUT2D eigenvalue weighted by Crippen LogP contribution is 2.17. The lowest BCUT2D eigenvalue weighted by Crippen LogP contribution is -2.25. The summed E-state index contributed by atoms with van der Waals surface area (Å²) >= 11 is 1.75. The number of thiophene rings is 1. The summed E-state index contributed by atoms with van der Waals surface area (Å²) in [5, 5.41) is 4.24. The van der Waals surface area contributed by atoms with E-state index in [1.165, 1.54) is 15.7 Å². The quantitative estimate of drug-likeness (QED) is 0.815. The maximum absolute atomic E-state index is 4.04. The van der Waals surface area contributed by atoms with Crippen LogP contribution in [0.4, 0.5) is 0 Å². The van der Waals surface area contributed by atoms with E-state index in [9.17, 15) is 0 Å². The Bertz CT molecular complexity index is 614. The fraction of sp³-hybridized carbons (Fsp3) is 0.143. The van der Waals surface area contributed by atoms with E-state index in [0.717, 1.165) is 16.5 Å². The summed E-state index contributed by atoms with van der Waals surface area (Å²) in [6, 6.07) is 4.20. The Labute approximate surface area is 99.5 Å². The first-order valence-electron chi connectivity index (χ1n) is 5.18. The predicted molar refractivity (Wildman–Crippen MR) is 72.8 cm³/mol. The summed E-state index contributed by atoms with van der Waals surface area (Å²) in [5.41, 5.74) is 3.49. The summed E-state index contributed by atoms with van der Waals surface area (Å²) < 4.78 is 0. The summed E-state index contributed by atoms with van der Waals surface area (Å²) in [7, 11) is 0. The van der Waals surface area contributed by atoms with Crippen LogP contribution in [0.15, 0.2) is 30.3 Å². The molecular weight excluding hydrogens is 214 g/mol. The second kappa shape index (κ2) is 4.14. The van der Waals surface area contributed by atoms with Gasteiger partial charge in [-0.2, -0.15) is 0 Å². The van der Waals surface area contributed by atoms with Crippen molar-refractivity contribution in [3.8, 4) is 0 Å². The first-order chi connectivity index (χ1) is 7.61. The fourth-order valence-corrected chi connectivity index (χ4v) is 2.59. The lowest BCUT2D eigenvalue weighted by Gasteiger charge is -1.99. The Kier molecular flexibility index (Phi) is 2.84. The van der Waals surface area contributed by atoms with Gasteiger partial charge in [0.2, 0.25) is 0 Å². The van der Waals surface area contributed by atoms with Crippen molar-refractivity contribution < 1.29 is 0 Å². The highest BCUT2D eigenvalue weighted by atomic mass is 32.1. The van der Waals surface area contributed by atoms with E-state index in [1.807, 2.05) is 13.1 Å². The standard InChI is InChI=1S/C14H15NS/c1-9(2)12-8-15-11(4)14(12)10(3)13-6-5-7-16-13/h5-8,15H,1,4H2,2-3H3/b14-10+. The van der Waals surface area contributed by atoms with Gasteiger partial charge in [-0.15, -0.1) is 11.3 Å². The SMILES string of the molecule is C=C(C)c1c[nH]c(=C)/c1=C(/C)c1cccs1. The van der Waals surface area contributed by atoms with E-state index in [-0.39, 0.29) is 0 Å². The Morgan fingerprint density at radius 1 is 1.38 bits per heavy atom. The average molecular weight is 229 g/mol. The van der Waals surface area contributed by atoms with Gasteiger partial charge in [0.15, 0.2) is 0 Å². The third-order valence-electron chi connectivity index (χ3n) is 2.69. The smallest absolute Gasteiger partial charge is 0.0390 e. The maximum atomic E-state index is 4.04. The van der Waals surface area contributed by atoms with Gasteiger partial charge in [0, 0.05) is 27.2 Å². The van der Waals surface area contributed by atoms with Gasteiger partial charge in [0.1, 0.15) is 0 Å². The van der Waals surface area contributed by atoms with Gasteiger partial charge in [0.25, 0.3) is 0 Å². The number of hydrogen-bond donors (Lipinski definition) is 1. The Hall–Kier alpha value is -1.54. The molecular formula is C14H15NS. The number of allylic oxidation sites excluding steroid dienone is 1. The van der Waals surface area contributed by atoms with Crippen LogP contribution in [-0.4, -0.2) is 4.98 Å². The molecule has 0 aromatic carbocycles. The van der Waals surface area contributed by atoms with Crippen LogP contribution in [0.2, 0.25) is 0 Å². The molecule has 0 bridgehead atoms. The summed E-state index contributed by atoms with van der Waals surface area (Å²) in [6.45, 7) is 12.2. The van der Waals surface area contributed by atoms with Gasteiger partial charge in [-0.3, -0.25) is 0 Å². The fourth-order valence-electron chi connectivity index (χ4n) is 1.85. The third-order valence-corrected chi connectivity index (χ3v) is 3.68. The molecule has 0 amide bonds. The van der Waals surface area contributed by atoms with Crippen molar-refractivity contribution in [3.05, 3.63) is 51.3 Å². The van der Waals surface area contributed by atoms with Gasteiger partial charge in [0.05, 0.1) is 0 Å². The molecule has 0 aliphatic heterocycles. The summed E-state index contributed by atoms with van der Waals surface area (Å²) in [4.78, 5) is 4.46. The van der Waals surface area contributed by atoms with E-state index in [0.29, 0.717) is 0 Å². The van der Waals surface area contributed by atoms with Crippen LogP contribution in [0.1, 0.15) is 24.3 Å². The van der Waals surface area contributed by atoms with Crippen LogP contribution in [0, 0.1) is 0 Å². The molecule has 0 aliphatic rings. The van der Waals surface area contributed by atoms with Gasteiger partial charge in [-0.05, 0) is 36.4 Å². The van der Waals surface area contributed by atoms with Crippen LogP contribution in [0.5, 0.6) is 0 Å². The Balaban J connectivity index is 2.81. The minimum atomic E-state index is 0.962. The predicted octanol–water partition coefficient (Wildman–Crippen LogP) is 2.74. The Morgan fingerprint density at radius 3 is 2.69 bits per heavy atom. The van der Waals surface area contributed by atoms with Gasteiger partial charge >= 0.3 is 0 Å². The third kappa shape index (κ3) is 1.76. The van der Waals surface area contributed by atoms with Crippen molar-refractivity contribution in [2.24, 2.45) is 0 Å².